The quantitative estimate of drug-likeness (QED) is 0.494. The summed E-state index contributed by atoms with van der Waals surface area (Å²) in [5, 5.41) is 4.72. The molecule has 3 heterocycles. The first-order chi connectivity index (χ1) is 14.1. The van der Waals surface area contributed by atoms with Crippen LogP contribution in [0.1, 0.15) is 17.0 Å². The van der Waals surface area contributed by atoms with Gasteiger partial charge < -0.3 is 20.7 Å². The predicted molar refractivity (Wildman–Crippen MR) is 111 cm³/mol. The van der Waals surface area contributed by atoms with Gasteiger partial charge in [0.05, 0.1) is 22.0 Å². The minimum Gasteiger partial charge on any atom is -0.487 e. The van der Waals surface area contributed by atoms with E-state index in [1.807, 2.05) is 36.4 Å². The molecule has 0 bridgehead atoms. The zero-order chi connectivity index (χ0) is 20.2. The van der Waals surface area contributed by atoms with Crippen LogP contribution in [-0.2, 0) is 13.0 Å². The van der Waals surface area contributed by atoms with Gasteiger partial charge in [-0.1, -0.05) is 28.9 Å². The first-order valence-electron chi connectivity index (χ1n) is 8.87. The lowest BCUT2D eigenvalue weighted by Gasteiger charge is -2.06. The standard InChI is InChI=1S/C21H18ClN5O2/c22-14-3-4-15(25-11-14)12-28-17-5-1-13(2-6-17)9-16-10-19(29-27-16)18-7-8-20(23)26-21(18)24/h1-8,10-11H,9,12H2,(H4,23,24,26). The summed E-state index contributed by atoms with van der Waals surface area (Å²) in [7, 11) is 0. The van der Waals surface area contributed by atoms with Gasteiger partial charge in [-0.15, -0.1) is 0 Å². The van der Waals surface area contributed by atoms with E-state index in [0.717, 1.165) is 22.7 Å². The molecule has 8 heteroatoms. The van der Waals surface area contributed by atoms with Crippen LogP contribution in [0.2, 0.25) is 5.02 Å². The molecule has 0 saturated heterocycles. The van der Waals surface area contributed by atoms with Gasteiger partial charge in [0.25, 0.3) is 0 Å². The molecule has 3 aromatic heterocycles. The SMILES string of the molecule is Nc1ccc(-c2cc(Cc3ccc(OCc4ccc(Cl)cn4)cc3)no2)c(N)n1. The smallest absolute Gasteiger partial charge is 0.170 e. The van der Waals surface area contributed by atoms with E-state index in [-0.39, 0.29) is 0 Å². The van der Waals surface area contributed by atoms with Crippen molar-refractivity contribution in [3.63, 3.8) is 0 Å². The van der Waals surface area contributed by atoms with Crippen LogP contribution < -0.4 is 16.2 Å². The number of halogens is 1. The Hall–Kier alpha value is -3.58. The molecule has 0 unspecified atom stereocenters. The first kappa shape index (κ1) is 18.8. The number of aromatic nitrogens is 3. The lowest BCUT2D eigenvalue weighted by molar-refractivity contribution is 0.301. The molecule has 0 aliphatic carbocycles. The topological polar surface area (TPSA) is 113 Å². The second-order valence-corrected chi connectivity index (χ2v) is 6.87. The largest absolute Gasteiger partial charge is 0.487 e. The number of anilines is 2. The summed E-state index contributed by atoms with van der Waals surface area (Å²) in [5.41, 5.74) is 14.9. The second kappa shape index (κ2) is 8.20. The van der Waals surface area contributed by atoms with Gasteiger partial charge in [0.15, 0.2) is 5.76 Å². The van der Waals surface area contributed by atoms with Crippen LogP contribution in [-0.4, -0.2) is 15.1 Å². The number of benzene rings is 1. The van der Waals surface area contributed by atoms with Gasteiger partial charge in [0, 0.05) is 18.7 Å². The van der Waals surface area contributed by atoms with Crippen molar-refractivity contribution in [2.45, 2.75) is 13.0 Å². The van der Waals surface area contributed by atoms with Gasteiger partial charge >= 0.3 is 0 Å². The van der Waals surface area contributed by atoms with Crippen LogP contribution >= 0.6 is 11.6 Å². The normalized spacial score (nSPS) is 10.8. The highest BCUT2D eigenvalue weighted by atomic mass is 35.5. The third kappa shape index (κ3) is 4.64. The fraction of sp³-hybridized carbons (Fsp3) is 0.0952. The Kier molecular flexibility index (Phi) is 5.31. The van der Waals surface area contributed by atoms with Crippen molar-refractivity contribution in [2.75, 3.05) is 11.5 Å². The zero-order valence-electron chi connectivity index (χ0n) is 15.4. The molecule has 0 saturated carbocycles. The van der Waals surface area contributed by atoms with E-state index >= 15 is 0 Å². The monoisotopic (exact) mass is 407 g/mol. The molecule has 0 amide bonds. The lowest BCUT2D eigenvalue weighted by atomic mass is 10.1. The number of nitrogens with two attached hydrogens (primary N) is 2. The Labute approximate surface area is 172 Å². The summed E-state index contributed by atoms with van der Waals surface area (Å²) in [4.78, 5) is 8.25. The van der Waals surface area contributed by atoms with E-state index in [4.69, 9.17) is 32.3 Å². The molecule has 7 nitrogen and oxygen atoms in total. The minimum absolute atomic E-state index is 0.310. The third-order valence-electron chi connectivity index (χ3n) is 4.25. The van der Waals surface area contributed by atoms with Gasteiger partial charge in [-0.3, -0.25) is 4.98 Å². The van der Waals surface area contributed by atoms with Crippen LogP contribution in [0.4, 0.5) is 11.6 Å². The Morgan fingerprint density at radius 2 is 1.79 bits per heavy atom. The van der Waals surface area contributed by atoms with E-state index in [2.05, 4.69) is 15.1 Å². The van der Waals surface area contributed by atoms with Crippen molar-refractivity contribution in [2.24, 2.45) is 0 Å². The number of nitrogens with zero attached hydrogens (tertiary/aromatic N) is 3. The summed E-state index contributed by atoms with van der Waals surface area (Å²) in [6.45, 7) is 0.375. The lowest BCUT2D eigenvalue weighted by Crippen LogP contribution is -1.98. The van der Waals surface area contributed by atoms with Crippen LogP contribution in [0, 0.1) is 0 Å². The molecule has 4 aromatic rings. The molecule has 0 atom stereocenters. The van der Waals surface area contributed by atoms with E-state index < -0.39 is 0 Å². The molecule has 4 N–H and O–H groups in total. The van der Waals surface area contributed by atoms with Gasteiger partial charge in [-0.25, -0.2) is 4.98 Å². The maximum absolute atomic E-state index is 5.91. The van der Waals surface area contributed by atoms with E-state index in [9.17, 15) is 0 Å². The van der Waals surface area contributed by atoms with E-state index in [1.54, 1.807) is 24.4 Å². The van der Waals surface area contributed by atoms with E-state index in [1.165, 1.54) is 0 Å². The molecule has 146 valence electrons. The first-order valence-corrected chi connectivity index (χ1v) is 9.25. The number of nitrogen functional groups attached to an aromatic ring is 2. The summed E-state index contributed by atoms with van der Waals surface area (Å²) in [5.74, 6) is 1.98. The Morgan fingerprint density at radius 1 is 0.966 bits per heavy atom. The fourth-order valence-corrected chi connectivity index (χ4v) is 2.89. The third-order valence-corrected chi connectivity index (χ3v) is 4.48. The highest BCUT2D eigenvalue weighted by molar-refractivity contribution is 6.30. The summed E-state index contributed by atoms with van der Waals surface area (Å²) < 4.78 is 11.2. The summed E-state index contributed by atoms with van der Waals surface area (Å²) >= 11 is 5.83. The van der Waals surface area contributed by atoms with Crippen LogP contribution in [0.3, 0.4) is 0 Å². The molecule has 29 heavy (non-hydrogen) atoms. The fourth-order valence-electron chi connectivity index (χ4n) is 2.78. The second-order valence-electron chi connectivity index (χ2n) is 6.43. The number of rotatable bonds is 6. The summed E-state index contributed by atoms with van der Waals surface area (Å²) in [6.07, 6.45) is 2.22. The summed E-state index contributed by atoms with van der Waals surface area (Å²) in [6, 6.07) is 16.7. The van der Waals surface area contributed by atoms with Gasteiger partial charge in [-0.2, -0.15) is 0 Å². The highest BCUT2D eigenvalue weighted by Crippen LogP contribution is 2.27. The molecule has 4 rings (SSSR count). The van der Waals surface area contributed by atoms with Crippen molar-refractivity contribution in [3.05, 3.63) is 82.8 Å². The molecule has 0 aliphatic heterocycles. The van der Waals surface area contributed by atoms with Gasteiger partial charge in [0.2, 0.25) is 0 Å². The minimum atomic E-state index is 0.310. The number of ether oxygens (including phenoxy) is 1. The number of hydrogen-bond acceptors (Lipinski definition) is 7. The molecule has 0 radical (unpaired) electrons. The molecular weight excluding hydrogens is 390 g/mol. The number of hydrogen-bond donors (Lipinski definition) is 2. The Balaban J connectivity index is 1.39. The highest BCUT2D eigenvalue weighted by Gasteiger charge is 2.11. The van der Waals surface area contributed by atoms with Crippen molar-refractivity contribution >= 4 is 23.2 Å². The van der Waals surface area contributed by atoms with Gasteiger partial charge in [0.1, 0.15) is 24.0 Å². The Bertz CT molecular complexity index is 1110. The molecule has 0 spiro atoms. The van der Waals surface area contributed by atoms with Crippen molar-refractivity contribution in [3.8, 4) is 17.1 Å². The van der Waals surface area contributed by atoms with Crippen LogP contribution in [0.5, 0.6) is 5.75 Å². The average Bonchev–Trinajstić information content (AvgIpc) is 3.17. The van der Waals surface area contributed by atoms with E-state index in [0.29, 0.717) is 41.0 Å². The molecule has 0 fully saturated rings. The molecule has 0 aliphatic rings. The zero-order valence-corrected chi connectivity index (χ0v) is 16.1. The van der Waals surface area contributed by atoms with Crippen LogP contribution in [0.25, 0.3) is 11.3 Å². The maximum atomic E-state index is 5.91. The maximum Gasteiger partial charge on any atom is 0.170 e. The predicted octanol–water partition coefficient (Wildman–Crippen LogP) is 4.12. The molecular formula is C21H18ClN5O2. The van der Waals surface area contributed by atoms with Crippen molar-refractivity contribution in [1.29, 1.82) is 0 Å². The Morgan fingerprint density at radius 3 is 2.52 bits per heavy atom. The van der Waals surface area contributed by atoms with Crippen molar-refractivity contribution in [1.82, 2.24) is 15.1 Å². The van der Waals surface area contributed by atoms with Crippen LogP contribution in [0.15, 0.2) is 65.3 Å². The average molecular weight is 408 g/mol. The van der Waals surface area contributed by atoms with Gasteiger partial charge in [-0.05, 0) is 42.0 Å². The number of pyridine rings is 2. The molecule has 1 aromatic carbocycles. The van der Waals surface area contributed by atoms with Crippen molar-refractivity contribution < 1.29 is 9.26 Å².